The normalized spacial score (nSPS) is 17.5. The molecule has 1 aliphatic heterocycles. The molecule has 0 amide bonds. The van der Waals surface area contributed by atoms with E-state index in [4.69, 9.17) is 10.5 Å². The van der Waals surface area contributed by atoms with E-state index >= 15 is 0 Å². The molecular formula is C21H21N5O3S. The van der Waals surface area contributed by atoms with Crippen LogP contribution in [-0.4, -0.2) is 23.2 Å². The van der Waals surface area contributed by atoms with Crippen molar-refractivity contribution in [3.63, 3.8) is 0 Å². The Morgan fingerprint density at radius 1 is 1.30 bits per heavy atom. The number of rotatable bonds is 0. The smallest absolute Gasteiger partial charge is 0.166 e. The van der Waals surface area contributed by atoms with Crippen molar-refractivity contribution in [1.29, 1.82) is 5.26 Å². The minimum absolute atomic E-state index is 0.157. The molecule has 30 heavy (non-hydrogen) atoms. The molecular weight excluding hydrogens is 402 g/mol. The number of nitrogens with zero attached hydrogens (tertiary/aromatic N) is 4. The van der Waals surface area contributed by atoms with E-state index in [-0.39, 0.29) is 23.0 Å². The highest BCUT2D eigenvalue weighted by molar-refractivity contribution is 7.89. The van der Waals surface area contributed by atoms with Crippen LogP contribution in [0.15, 0.2) is 30.5 Å². The summed E-state index contributed by atoms with van der Waals surface area (Å²) >= 11 is 0. The van der Waals surface area contributed by atoms with Crippen molar-refractivity contribution in [1.82, 2.24) is 14.8 Å². The molecule has 9 heteroatoms. The lowest BCUT2D eigenvalue weighted by Crippen LogP contribution is -2.14. The van der Waals surface area contributed by atoms with E-state index in [1.165, 1.54) is 10.9 Å². The molecule has 0 unspecified atom stereocenters. The Balaban J connectivity index is 2.00. The van der Waals surface area contributed by atoms with E-state index in [1.54, 1.807) is 13.1 Å². The first-order valence-electron chi connectivity index (χ1n) is 9.37. The first-order chi connectivity index (χ1) is 14.2. The summed E-state index contributed by atoms with van der Waals surface area (Å²) in [7, 11) is -1.96. The molecule has 3 heterocycles. The molecule has 3 aromatic rings. The molecule has 2 aromatic heterocycles. The van der Waals surface area contributed by atoms with Gasteiger partial charge in [0.05, 0.1) is 17.2 Å². The Hall–Kier alpha value is -3.38. The number of ether oxygens (including phenoxy) is 1. The van der Waals surface area contributed by atoms with Crippen molar-refractivity contribution in [3.8, 4) is 22.9 Å². The summed E-state index contributed by atoms with van der Waals surface area (Å²) < 4.78 is 33.7. The predicted octanol–water partition coefficient (Wildman–Crippen LogP) is 2.81. The van der Waals surface area contributed by atoms with E-state index in [9.17, 15) is 13.7 Å². The number of hydrogen-bond acceptors (Lipinski definition) is 7. The van der Waals surface area contributed by atoms with Crippen molar-refractivity contribution in [2.45, 2.75) is 31.5 Å². The Morgan fingerprint density at radius 3 is 2.80 bits per heavy atom. The Morgan fingerprint density at radius 2 is 2.07 bits per heavy atom. The molecule has 0 fully saturated rings. The summed E-state index contributed by atoms with van der Waals surface area (Å²) in [6.07, 6.45) is 1.06. The summed E-state index contributed by atoms with van der Waals surface area (Å²) in [4.78, 5) is 4.21. The highest BCUT2D eigenvalue weighted by Crippen LogP contribution is 2.36. The lowest BCUT2D eigenvalue weighted by Gasteiger charge is -2.21. The number of aromatic nitrogens is 3. The fourth-order valence-electron chi connectivity index (χ4n) is 3.77. The average Bonchev–Trinajstić information content (AvgIpc) is 2.98. The Bertz CT molecular complexity index is 1300. The van der Waals surface area contributed by atoms with Gasteiger partial charge in [0.15, 0.2) is 21.4 Å². The molecule has 0 radical (unpaired) electrons. The molecule has 0 spiro atoms. The van der Waals surface area contributed by atoms with Crippen LogP contribution in [0.1, 0.15) is 41.1 Å². The van der Waals surface area contributed by atoms with Gasteiger partial charge in [0, 0.05) is 24.4 Å². The van der Waals surface area contributed by atoms with Gasteiger partial charge in [0.2, 0.25) is 0 Å². The third-order valence-electron chi connectivity index (χ3n) is 5.17. The molecule has 1 aromatic carbocycles. The van der Waals surface area contributed by atoms with E-state index < -0.39 is 15.9 Å². The van der Waals surface area contributed by atoms with Crippen molar-refractivity contribution >= 4 is 15.7 Å². The van der Waals surface area contributed by atoms with Gasteiger partial charge in [-0.05, 0) is 31.0 Å². The monoisotopic (exact) mass is 423 g/mol. The van der Waals surface area contributed by atoms with Crippen molar-refractivity contribution in [2.75, 3.05) is 5.73 Å². The molecule has 0 aliphatic carbocycles. The first kappa shape index (κ1) is 19.9. The summed E-state index contributed by atoms with van der Waals surface area (Å²) in [5, 5.41) is 14.0. The van der Waals surface area contributed by atoms with Crippen LogP contribution < -0.4 is 10.5 Å². The molecule has 1 atom stereocenters. The zero-order valence-electron chi connectivity index (χ0n) is 16.9. The molecule has 1 aliphatic rings. The van der Waals surface area contributed by atoms with Gasteiger partial charge >= 0.3 is 0 Å². The number of fused-ring (bicyclic) bond motifs is 5. The van der Waals surface area contributed by atoms with Crippen LogP contribution in [0.4, 0.5) is 5.82 Å². The second kappa shape index (κ2) is 7.15. The summed E-state index contributed by atoms with van der Waals surface area (Å²) in [6.45, 7) is 3.79. The largest absolute Gasteiger partial charge is 0.482 e. The van der Waals surface area contributed by atoms with Gasteiger partial charge in [-0.25, -0.2) is 13.4 Å². The SMILES string of the molecule is Cc1ccc2c(c1)[C@@H](C)Oc1cc(cnc1N)-c1c(nn(C)c1C#N)CS(=O)(=O)C2. The molecule has 8 nitrogen and oxygen atoms in total. The molecule has 154 valence electrons. The highest BCUT2D eigenvalue weighted by atomic mass is 32.2. The summed E-state index contributed by atoms with van der Waals surface area (Å²) in [6, 6.07) is 9.40. The van der Waals surface area contributed by atoms with Gasteiger partial charge in [-0.15, -0.1) is 0 Å². The highest BCUT2D eigenvalue weighted by Gasteiger charge is 2.27. The first-order valence-corrected chi connectivity index (χ1v) is 11.2. The predicted molar refractivity (Wildman–Crippen MR) is 112 cm³/mol. The second-order valence-corrected chi connectivity index (χ2v) is 9.57. The molecule has 2 bridgehead atoms. The lowest BCUT2D eigenvalue weighted by molar-refractivity contribution is 0.227. The van der Waals surface area contributed by atoms with Crippen molar-refractivity contribution < 1.29 is 13.2 Å². The quantitative estimate of drug-likeness (QED) is 0.589. The summed E-state index contributed by atoms with van der Waals surface area (Å²) in [5.74, 6) is 0.138. The number of pyridine rings is 1. The number of benzene rings is 1. The number of nitrogen functional groups attached to an aromatic ring is 1. The number of aryl methyl sites for hydroxylation is 2. The zero-order chi connectivity index (χ0) is 21.6. The number of hydrogen-bond donors (Lipinski definition) is 1. The topological polar surface area (TPSA) is 124 Å². The Kier molecular flexibility index (Phi) is 4.74. The third-order valence-corrected chi connectivity index (χ3v) is 6.64. The fraction of sp³-hybridized carbons (Fsp3) is 0.286. The van der Waals surface area contributed by atoms with Gasteiger partial charge in [0.25, 0.3) is 0 Å². The maximum Gasteiger partial charge on any atom is 0.166 e. The van der Waals surface area contributed by atoms with Crippen LogP contribution >= 0.6 is 0 Å². The van der Waals surface area contributed by atoms with E-state index in [2.05, 4.69) is 16.2 Å². The second-order valence-electron chi connectivity index (χ2n) is 7.51. The maximum absolute atomic E-state index is 13.1. The molecule has 4 rings (SSSR count). The van der Waals surface area contributed by atoms with Gasteiger partial charge < -0.3 is 10.5 Å². The average molecular weight is 423 g/mol. The number of sulfone groups is 1. The third kappa shape index (κ3) is 3.50. The maximum atomic E-state index is 13.1. The van der Waals surface area contributed by atoms with E-state index in [0.717, 1.165) is 11.1 Å². The minimum Gasteiger partial charge on any atom is -0.482 e. The number of nitrogens with two attached hydrogens (primary N) is 1. The lowest BCUT2D eigenvalue weighted by atomic mass is 10.0. The molecule has 0 saturated heterocycles. The number of anilines is 1. The van der Waals surface area contributed by atoms with Gasteiger partial charge in [-0.3, -0.25) is 4.68 Å². The molecule has 0 saturated carbocycles. The standard InChI is InChI=1S/C21H21N5O3S/c1-12-4-5-14-10-30(27,28)11-17-20(18(8-22)26(3)25-17)15-7-19(21(23)24-9-15)29-13(2)16(14)6-12/h4-7,9,13H,10-11H2,1-3H3,(H2,23,24)/t13-/m1/s1. The van der Waals surface area contributed by atoms with Crippen LogP contribution in [0.5, 0.6) is 5.75 Å². The zero-order valence-corrected chi connectivity index (χ0v) is 17.7. The van der Waals surface area contributed by atoms with Crippen LogP contribution in [0.25, 0.3) is 11.1 Å². The van der Waals surface area contributed by atoms with Gasteiger partial charge in [-0.1, -0.05) is 23.8 Å². The molecule has 2 N–H and O–H groups in total. The van der Waals surface area contributed by atoms with Crippen LogP contribution in [0.2, 0.25) is 0 Å². The number of nitriles is 1. The van der Waals surface area contributed by atoms with Crippen LogP contribution in [-0.2, 0) is 28.4 Å². The van der Waals surface area contributed by atoms with Crippen LogP contribution in [0.3, 0.4) is 0 Å². The van der Waals surface area contributed by atoms with Gasteiger partial charge in [0.1, 0.15) is 17.9 Å². The minimum atomic E-state index is -3.57. The van der Waals surface area contributed by atoms with Crippen molar-refractivity contribution in [3.05, 3.63) is 58.5 Å². The van der Waals surface area contributed by atoms with Crippen molar-refractivity contribution in [2.24, 2.45) is 7.05 Å². The fourth-order valence-corrected chi connectivity index (χ4v) is 5.23. The van der Waals surface area contributed by atoms with Gasteiger partial charge in [-0.2, -0.15) is 10.4 Å². The van der Waals surface area contributed by atoms with E-state index in [1.807, 2.05) is 32.0 Å². The summed E-state index contributed by atoms with van der Waals surface area (Å²) in [5.41, 5.74) is 10.00. The Labute approximate surface area is 174 Å². The van der Waals surface area contributed by atoms with Crippen LogP contribution in [0, 0.1) is 18.3 Å². The van der Waals surface area contributed by atoms with E-state index in [0.29, 0.717) is 28.1 Å².